The predicted octanol–water partition coefficient (Wildman–Crippen LogP) is 2.16. The van der Waals surface area contributed by atoms with Gasteiger partial charge >= 0.3 is 0 Å². The Morgan fingerprint density at radius 2 is 2.03 bits per heavy atom. The van der Waals surface area contributed by atoms with Gasteiger partial charge in [-0.2, -0.15) is 0 Å². The van der Waals surface area contributed by atoms with Gasteiger partial charge in [-0.3, -0.25) is 9.59 Å². The lowest BCUT2D eigenvalue weighted by Gasteiger charge is -2.37. The number of nitrogens with zero attached hydrogens (tertiary/aromatic N) is 2. The fourth-order valence-corrected chi connectivity index (χ4v) is 3.89. The molecule has 1 saturated carbocycles. The molecule has 30 heavy (non-hydrogen) atoms. The first-order chi connectivity index (χ1) is 14.6. The standard InChI is InChI=1S/C20H32N4O3.CH2O2/c1-3-8-27-18-5-4-15(20(25)23-16-6-9-26-10-7-16)12-17(18)24-19-11-14(2)21-13-22-19;2-1-3/h11,13,15-18H,3-10,12H2,1-2H3,(H,23,25)(H,21,22,24);1H,(H,2,3)/t15-,17+,18+;/m0./s1. The minimum Gasteiger partial charge on any atom is -0.483 e. The van der Waals surface area contributed by atoms with Crippen LogP contribution in [0.4, 0.5) is 5.82 Å². The fourth-order valence-electron chi connectivity index (χ4n) is 3.89. The number of rotatable bonds is 7. The number of aryl methyl sites for hydroxylation is 1. The summed E-state index contributed by atoms with van der Waals surface area (Å²) in [6.07, 6.45) is 6.98. The molecule has 2 heterocycles. The van der Waals surface area contributed by atoms with E-state index in [1.165, 1.54) is 0 Å². The Morgan fingerprint density at radius 3 is 2.70 bits per heavy atom. The van der Waals surface area contributed by atoms with E-state index in [1.54, 1.807) is 6.33 Å². The summed E-state index contributed by atoms with van der Waals surface area (Å²) in [6, 6.07) is 2.25. The first kappa shape index (κ1) is 24.0. The zero-order valence-electron chi connectivity index (χ0n) is 17.9. The van der Waals surface area contributed by atoms with Crippen molar-refractivity contribution in [2.75, 3.05) is 25.1 Å². The highest BCUT2D eigenvalue weighted by Gasteiger charge is 2.35. The van der Waals surface area contributed by atoms with Crippen molar-refractivity contribution < 1.29 is 24.2 Å². The zero-order valence-corrected chi connectivity index (χ0v) is 17.9. The lowest BCUT2D eigenvalue weighted by Crippen LogP contribution is -2.48. The minimum atomic E-state index is -0.250. The maximum absolute atomic E-state index is 12.8. The van der Waals surface area contributed by atoms with Gasteiger partial charge in [0.25, 0.3) is 6.47 Å². The second kappa shape index (κ2) is 13.1. The first-order valence-corrected chi connectivity index (χ1v) is 10.7. The summed E-state index contributed by atoms with van der Waals surface area (Å²) >= 11 is 0. The highest BCUT2D eigenvalue weighted by atomic mass is 16.5. The number of anilines is 1. The fraction of sp³-hybridized carbons (Fsp3) is 0.714. The number of hydrogen-bond acceptors (Lipinski definition) is 7. The second-order valence-electron chi connectivity index (χ2n) is 7.72. The molecule has 3 atom stereocenters. The van der Waals surface area contributed by atoms with E-state index in [9.17, 15) is 4.79 Å². The lowest BCUT2D eigenvalue weighted by atomic mass is 9.82. The van der Waals surface area contributed by atoms with Gasteiger partial charge in [-0.05, 0) is 45.4 Å². The smallest absolute Gasteiger partial charge is 0.290 e. The molecule has 1 aromatic heterocycles. The molecule has 3 N–H and O–H groups in total. The van der Waals surface area contributed by atoms with Crippen LogP contribution in [0.5, 0.6) is 0 Å². The largest absolute Gasteiger partial charge is 0.483 e. The molecular weight excluding hydrogens is 388 g/mol. The van der Waals surface area contributed by atoms with Crippen molar-refractivity contribution in [2.24, 2.45) is 5.92 Å². The number of aromatic nitrogens is 2. The molecule has 0 unspecified atom stereocenters. The van der Waals surface area contributed by atoms with Crippen molar-refractivity contribution in [1.82, 2.24) is 15.3 Å². The van der Waals surface area contributed by atoms with Crippen LogP contribution in [-0.4, -0.2) is 65.5 Å². The van der Waals surface area contributed by atoms with Gasteiger partial charge in [0.15, 0.2) is 0 Å². The Labute approximate surface area is 178 Å². The van der Waals surface area contributed by atoms with Gasteiger partial charge in [-0.25, -0.2) is 9.97 Å². The number of amides is 1. The topological polar surface area (TPSA) is 123 Å². The molecule has 9 nitrogen and oxygen atoms in total. The summed E-state index contributed by atoms with van der Waals surface area (Å²) in [4.78, 5) is 29.6. The van der Waals surface area contributed by atoms with Crippen LogP contribution < -0.4 is 10.6 Å². The zero-order chi connectivity index (χ0) is 21.8. The molecule has 2 aliphatic rings. The summed E-state index contributed by atoms with van der Waals surface area (Å²) in [6.45, 7) is 6.02. The van der Waals surface area contributed by atoms with Gasteiger partial charge < -0.3 is 25.2 Å². The highest BCUT2D eigenvalue weighted by molar-refractivity contribution is 5.79. The Hall–Kier alpha value is -2.26. The number of ether oxygens (including phenoxy) is 2. The van der Waals surface area contributed by atoms with E-state index in [2.05, 4.69) is 27.5 Å². The van der Waals surface area contributed by atoms with E-state index in [0.29, 0.717) is 0 Å². The quantitative estimate of drug-likeness (QED) is 0.571. The van der Waals surface area contributed by atoms with Gasteiger partial charge in [0.2, 0.25) is 5.91 Å². The van der Waals surface area contributed by atoms with E-state index < -0.39 is 0 Å². The van der Waals surface area contributed by atoms with Crippen LogP contribution in [0.15, 0.2) is 12.4 Å². The van der Waals surface area contributed by atoms with Crippen molar-refractivity contribution in [2.45, 2.75) is 70.6 Å². The van der Waals surface area contributed by atoms with Crippen molar-refractivity contribution in [1.29, 1.82) is 0 Å². The van der Waals surface area contributed by atoms with Gasteiger partial charge in [0.05, 0.1) is 12.1 Å². The van der Waals surface area contributed by atoms with E-state index in [1.807, 2.05) is 13.0 Å². The first-order valence-electron chi connectivity index (χ1n) is 10.7. The molecule has 168 valence electrons. The van der Waals surface area contributed by atoms with Crippen LogP contribution >= 0.6 is 0 Å². The maximum Gasteiger partial charge on any atom is 0.290 e. The van der Waals surface area contributed by atoms with Crippen LogP contribution in [0.25, 0.3) is 0 Å². The van der Waals surface area contributed by atoms with Crippen LogP contribution in [0, 0.1) is 12.8 Å². The Balaban J connectivity index is 0.00000101. The van der Waals surface area contributed by atoms with Crippen molar-refractivity contribution >= 4 is 18.2 Å². The number of carboxylic acid groups (broad SMARTS) is 1. The van der Waals surface area contributed by atoms with Crippen molar-refractivity contribution in [3.63, 3.8) is 0 Å². The SMILES string of the molecule is CCCO[C@@H]1CC[C@H](C(=O)NC2CCOCC2)C[C@H]1Nc1cc(C)ncn1.O=CO. The third-order valence-corrected chi connectivity index (χ3v) is 5.40. The molecule has 9 heteroatoms. The third-order valence-electron chi connectivity index (χ3n) is 5.40. The Kier molecular flexibility index (Phi) is 10.5. The molecule has 0 bridgehead atoms. The summed E-state index contributed by atoms with van der Waals surface area (Å²) in [7, 11) is 0. The molecule has 1 aromatic rings. The van der Waals surface area contributed by atoms with Crippen LogP contribution in [0.1, 0.15) is 51.1 Å². The van der Waals surface area contributed by atoms with Crippen molar-refractivity contribution in [3.8, 4) is 0 Å². The summed E-state index contributed by atoms with van der Waals surface area (Å²) < 4.78 is 11.5. The molecule has 1 aliphatic heterocycles. The predicted molar refractivity (Wildman–Crippen MR) is 112 cm³/mol. The average molecular weight is 423 g/mol. The van der Waals surface area contributed by atoms with Gasteiger partial charge in [0.1, 0.15) is 12.1 Å². The second-order valence-corrected chi connectivity index (χ2v) is 7.72. The van der Waals surface area contributed by atoms with E-state index in [-0.39, 0.29) is 36.5 Å². The summed E-state index contributed by atoms with van der Waals surface area (Å²) in [5.74, 6) is 0.972. The molecule has 1 aliphatic carbocycles. The number of carbonyl (C=O) groups excluding carboxylic acids is 1. The molecule has 0 spiro atoms. The number of nitrogens with one attached hydrogen (secondary N) is 2. The van der Waals surface area contributed by atoms with Crippen LogP contribution in [-0.2, 0) is 19.1 Å². The molecule has 0 aromatic carbocycles. The monoisotopic (exact) mass is 422 g/mol. The van der Waals surface area contributed by atoms with E-state index in [4.69, 9.17) is 19.4 Å². The average Bonchev–Trinajstić information content (AvgIpc) is 2.74. The summed E-state index contributed by atoms with van der Waals surface area (Å²) in [5.41, 5.74) is 0.920. The normalized spacial score (nSPS) is 24.3. The van der Waals surface area contributed by atoms with Gasteiger partial charge in [-0.1, -0.05) is 6.92 Å². The third kappa shape index (κ3) is 7.87. The molecular formula is C21H34N4O5. The molecule has 3 rings (SSSR count). The van der Waals surface area contributed by atoms with E-state index >= 15 is 0 Å². The van der Waals surface area contributed by atoms with Crippen LogP contribution in [0.3, 0.4) is 0 Å². The van der Waals surface area contributed by atoms with Crippen molar-refractivity contribution in [3.05, 3.63) is 18.1 Å². The van der Waals surface area contributed by atoms with Gasteiger partial charge in [-0.15, -0.1) is 0 Å². The minimum absolute atomic E-state index is 0.00903. The lowest BCUT2D eigenvalue weighted by molar-refractivity contribution is -0.128. The molecule has 1 amide bonds. The molecule has 1 saturated heterocycles. The highest BCUT2D eigenvalue weighted by Crippen LogP contribution is 2.29. The molecule has 0 radical (unpaired) electrons. The molecule has 2 fully saturated rings. The Bertz CT molecular complexity index is 654. The number of carbonyl (C=O) groups is 2. The van der Waals surface area contributed by atoms with Gasteiger partial charge in [0, 0.05) is 43.5 Å². The van der Waals surface area contributed by atoms with E-state index in [0.717, 1.165) is 69.9 Å². The summed E-state index contributed by atoms with van der Waals surface area (Å²) in [5, 5.41) is 13.6. The van der Waals surface area contributed by atoms with Crippen LogP contribution in [0.2, 0.25) is 0 Å². The number of hydrogen-bond donors (Lipinski definition) is 3. The Morgan fingerprint density at radius 1 is 1.30 bits per heavy atom. The maximum atomic E-state index is 12.8.